The van der Waals surface area contributed by atoms with Crippen molar-refractivity contribution in [2.24, 2.45) is 0 Å². The molecule has 0 saturated carbocycles. The van der Waals surface area contributed by atoms with E-state index >= 15 is 0 Å². The van der Waals surface area contributed by atoms with Gasteiger partial charge < -0.3 is 9.47 Å². The fourth-order valence-electron chi connectivity index (χ4n) is 0.583. The monoisotopic (exact) mass is 264 g/mol. The van der Waals surface area contributed by atoms with Crippen molar-refractivity contribution in [3.05, 3.63) is 12.3 Å². The van der Waals surface area contributed by atoms with Gasteiger partial charge in [-0.2, -0.15) is 0 Å². The lowest BCUT2D eigenvalue weighted by atomic mass is 10.5. The van der Waals surface area contributed by atoms with Crippen LogP contribution in [0.15, 0.2) is 12.3 Å². The topological polar surface area (TPSA) is 52.6 Å². The molecule has 0 N–H and O–H groups in total. The van der Waals surface area contributed by atoms with Gasteiger partial charge in [0, 0.05) is 5.33 Å². The number of ether oxygens (including phenoxy) is 2. The minimum absolute atomic E-state index is 0.195. The first kappa shape index (κ1) is 13.2. The summed E-state index contributed by atoms with van der Waals surface area (Å²) in [7, 11) is 0. The molecule has 0 atom stereocenters. The van der Waals surface area contributed by atoms with Crippen molar-refractivity contribution in [1.82, 2.24) is 0 Å². The van der Waals surface area contributed by atoms with Crippen LogP contribution in [0.4, 0.5) is 0 Å². The molecule has 80 valence electrons. The molecular weight excluding hydrogens is 252 g/mol. The lowest BCUT2D eigenvalue weighted by molar-refractivity contribution is -0.151. The maximum absolute atomic E-state index is 11.0. The van der Waals surface area contributed by atoms with Crippen molar-refractivity contribution in [2.75, 3.05) is 11.9 Å². The molecule has 0 saturated heterocycles. The van der Waals surface area contributed by atoms with E-state index in [2.05, 4.69) is 27.2 Å². The van der Waals surface area contributed by atoms with Gasteiger partial charge >= 0.3 is 11.9 Å². The summed E-state index contributed by atoms with van der Waals surface area (Å²) in [5.41, 5.74) is 0. The lowest BCUT2D eigenvalue weighted by Gasteiger charge is -2.05. The summed E-state index contributed by atoms with van der Waals surface area (Å²) in [6.45, 7) is 5.46. The van der Waals surface area contributed by atoms with E-state index in [1.165, 1.54) is 0 Å². The quantitative estimate of drug-likeness (QED) is 0.318. The molecule has 0 fully saturated rings. The highest BCUT2D eigenvalue weighted by molar-refractivity contribution is 9.09. The number of hydrogen-bond acceptors (Lipinski definition) is 4. The van der Waals surface area contributed by atoms with Crippen LogP contribution >= 0.6 is 15.9 Å². The summed E-state index contributed by atoms with van der Waals surface area (Å²) in [6.07, 6.45) is 0.911. The van der Waals surface area contributed by atoms with Gasteiger partial charge in [-0.3, -0.25) is 4.79 Å². The molecule has 14 heavy (non-hydrogen) atoms. The van der Waals surface area contributed by atoms with Gasteiger partial charge in [-0.25, -0.2) is 4.79 Å². The first-order valence-electron chi connectivity index (χ1n) is 4.24. The van der Waals surface area contributed by atoms with Crippen LogP contribution in [0.25, 0.3) is 0 Å². The largest absolute Gasteiger partial charge is 0.460 e. The van der Waals surface area contributed by atoms with E-state index in [9.17, 15) is 9.59 Å². The number of rotatable bonds is 6. The molecule has 0 spiro atoms. The summed E-state index contributed by atoms with van der Waals surface area (Å²) >= 11 is 3.07. The lowest BCUT2D eigenvalue weighted by Crippen LogP contribution is -2.14. The molecular formula is C9H13BrO4. The van der Waals surface area contributed by atoms with Crippen LogP contribution in [0.3, 0.4) is 0 Å². The van der Waals surface area contributed by atoms with Crippen molar-refractivity contribution in [2.45, 2.75) is 19.8 Å². The van der Waals surface area contributed by atoms with Crippen LogP contribution in [0.1, 0.15) is 19.8 Å². The molecule has 0 bridgehead atoms. The fourth-order valence-corrected chi connectivity index (χ4v) is 0.906. The van der Waals surface area contributed by atoms with Crippen LogP contribution < -0.4 is 0 Å². The summed E-state index contributed by atoms with van der Waals surface area (Å²) in [5.74, 6) is -1.44. The van der Waals surface area contributed by atoms with Crippen molar-refractivity contribution < 1.29 is 19.1 Å². The Kier molecular flexibility index (Phi) is 7.10. The molecule has 0 aromatic carbocycles. The molecule has 0 radical (unpaired) electrons. The normalized spacial score (nSPS) is 9.29. The highest BCUT2D eigenvalue weighted by atomic mass is 79.9. The number of hydrogen-bond donors (Lipinski definition) is 0. The van der Waals surface area contributed by atoms with E-state index in [0.29, 0.717) is 18.4 Å². The van der Waals surface area contributed by atoms with Crippen LogP contribution in [0.5, 0.6) is 0 Å². The molecule has 0 aliphatic heterocycles. The average molecular weight is 265 g/mol. The third-order valence-corrected chi connectivity index (χ3v) is 1.60. The number of carbonyl (C=O) groups excluding carboxylic acids is 2. The van der Waals surface area contributed by atoms with Gasteiger partial charge in [-0.15, -0.1) is 0 Å². The SMILES string of the molecule is C=C(OC(=O)CCBr)C(=O)OCCC. The second-order valence-electron chi connectivity index (χ2n) is 2.47. The van der Waals surface area contributed by atoms with Crippen molar-refractivity contribution >= 4 is 27.9 Å². The van der Waals surface area contributed by atoms with E-state index in [-0.39, 0.29) is 12.2 Å². The maximum atomic E-state index is 11.0. The molecule has 0 heterocycles. The van der Waals surface area contributed by atoms with Crippen LogP contribution in [-0.2, 0) is 19.1 Å². The number of esters is 2. The van der Waals surface area contributed by atoms with Gasteiger partial charge in [0.15, 0.2) is 0 Å². The van der Waals surface area contributed by atoms with Crippen LogP contribution in [-0.4, -0.2) is 23.9 Å². The van der Waals surface area contributed by atoms with E-state index in [4.69, 9.17) is 4.74 Å². The Hall–Kier alpha value is -0.840. The Labute approximate surface area is 91.4 Å². The van der Waals surface area contributed by atoms with Gasteiger partial charge in [0.05, 0.1) is 13.0 Å². The minimum Gasteiger partial charge on any atom is -0.460 e. The van der Waals surface area contributed by atoms with Crippen molar-refractivity contribution in [3.8, 4) is 0 Å². The van der Waals surface area contributed by atoms with Gasteiger partial charge in [0.1, 0.15) is 0 Å². The highest BCUT2D eigenvalue weighted by Gasteiger charge is 2.13. The zero-order valence-corrected chi connectivity index (χ0v) is 9.63. The summed E-state index contributed by atoms with van der Waals surface area (Å²) in [4.78, 5) is 21.9. The zero-order chi connectivity index (χ0) is 11.0. The maximum Gasteiger partial charge on any atom is 0.373 e. The average Bonchev–Trinajstić information content (AvgIpc) is 2.14. The zero-order valence-electron chi connectivity index (χ0n) is 8.05. The second-order valence-corrected chi connectivity index (χ2v) is 3.27. The predicted molar refractivity (Wildman–Crippen MR) is 54.9 cm³/mol. The number of carbonyl (C=O) groups is 2. The first-order chi connectivity index (χ1) is 6.61. The van der Waals surface area contributed by atoms with Gasteiger partial charge in [-0.1, -0.05) is 22.9 Å². The van der Waals surface area contributed by atoms with E-state index in [0.717, 1.165) is 0 Å². The van der Waals surface area contributed by atoms with E-state index in [1.807, 2.05) is 6.92 Å². The van der Waals surface area contributed by atoms with Crippen molar-refractivity contribution in [1.29, 1.82) is 0 Å². The molecule has 0 aromatic heterocycles. The Balaban J connectivity index is 3.83. The molecule has 0 amide bonds. The Morgan fingerprint density at radius 2 is 2.07 bits per heavy atom. The van der Waals surface area contributed by atoms with Crippen LogP contribution in [0, 0.1) is 0 Å². The summed E-state index contributed by atoms with van der Waals surface area (Å²) in [5, 5.41) is 0.489. The summed E-state index contributed by atoms with van der Waals surface area (Å²) < 4.78 is 9.32. The van der Waals surface area contributed by atoms with E-state index < -0.39 is 11.9 Å². The second kappa shape index (κ2) is 7.55. The van der Waals surface area contributed by atoms with Crippen molar-refractivity contribution in [3.63, 3.8) is 0 Å². The smallest absolute Gasteiger partial charge is 0.373 e. The molecule has 0 aliphatic rings. The summed E-state index contributed by atoms with van der Waals surface area (Å²) in [6, 6.07) is 0. The molecule has 0 aliphatic carbocycles. The third-order valence-electron chi connectivity index (χ3n) is 1.20. The Bertz CT molecular complexity index is 225. The van der Waals surface area contributed by atoms with Gasteiger partial charge in [0.25, 0.3) is 0 Å². The molecule has 0 rings (SSSR count). The third kappa shape index (κ3) is 5.75. The molecule has 4 nitrogen and oxygen atoms in total. The fraction of sp³-hybridized carbons (Fsp3) is 0.556. The van der Waals surface area contributed by atoms with E-state index in [1.54, 1.807) is 0 Å². The van der Waals surface area contributed by atoms with Gasteiger partial charge in [0.2, 0.25) is 5.76 Å². The Morgan fingerprint density at radius 1 is 1.43 bits per heavy atom. The highest BCUT2D eigenvalue weighted by Crippen LogP contribution is 2.01. The first-order valence-corrected chi connectivity index (χ1v) is 5.36. The van der Waals surface area contributed by atoms with Gasteiger partial charge in [-0.05, 0) is 13.0 Å². The minimum atomic E-state index is -0.685. The number of halogens is 1. The molecule has 5 heteroatoms. The predicted octanol–water partition coefficient (Wildman–Crippen LogP) is 1.78. The standard InChI is InChI=1S/C9H13BrO4/c1-3-6-13-9(12)7(2)14-8(11)4-5-10/h2-6H2,1H3. The molecule has 0 unspecified atom stereocenters. The molecule has 0 aromatic rings. The number of alkyl halides is 1. The van der Waals surface area contributed by atoms with Crippen LogP contribution in [0.2, 0.25) is 0 Å². The Morgan fingerprint density at radius 3 is 2.57 bits per heavy atom.